The van der Waals surface area contributed by atoms with Crippen LogP contribution in [0.15, 0.2) is 24.3 Å². The fourth-order valence-corrected chi connectivity index (χ4v) is 1.63. The summed E-state index contributed by atoms with van der Waals surface area (Å²) < 4.78 is 0. The second-order valence-electron chi connectivity index (χ2n) is 3.84. The lowest BCUT2D eigenvalue weighted by Crippen LogP contribution is -2.11. The van der Waals surface area contributed by atoms with Crippen molar-refractivity contribution in [2.24, 2.45) is 0 Å². The van der Waals surface area contributed by atoms with Crippen LogP contribution >= 0.6 is 0 Å². The Morgan fingerprint density at radius 2 is 2.23 bits per heavy atom. The summed E-state index contributed by atoms with van der Waals surface area (Å²) >= 11 is 0. The molecule has 1 aliphatic rings. The first-order valence-electron chi connectivity index (χ1n) is 4.74. The zero-order chi connectivity index (χ0) is 9.26. The number of rotatable bonds is 3. The largest absolute Gasteiger partial charge is 0.314 e. The van der Waals surface area contributed by atoms with Gasteiger partial charge in [-0.05, 0) is 29.9 Å². The van der Waals surface area contributed by atoms with Crippen molar-refractivity contribution in [3.05, 3.63) is 35.4 Å². The van der Waals surface area contributed by atoms with Gasteiger partial charge in [0, 0.05) is 13.6 Å². The summed E-state index contributed by atoms with van der Waals surface area (Å²) in [5, 5.41) is 10.3. The van der Waals surface area contributed by atoms with Gasteiger partial charge in [0.05, 0.1) is 0 Å². The zero-order valence-electron chi connectivity index (χ0n) is 7.90. The average molecular weight is 177 g/mol. The SMILES string of the molecule is CN(O)Cc1cccc(C2CC2)c1. The molecular formula is C11H15NO. The molecule has 2 rings (SSSR count). The van der Waals surface area contributed by atoms with Crippen molar-refractivity contribution in [1.82, 2.24) is 5.06 Å². The smallest absolute Gasteiger partial charge is 0.0485 e. The van der Waals surface area contributed by atoms with Crippen LogP contribution in [-0.4, -0.2) is 17.3 Å². The van der Waals surface area contributed by atoms with E-state index in [0.29, 0.717) is 6.54 Å². The van der Waals surface area contributed by atoms with Crippen LogP contribution in [0.25, 0.3) is 0 Å². The predicted molar refractivity (Wildman–Crippen MR) is 51.7 cm³/mol. The maximum Gasteiger partial charge on any atom is 0.0485 e. The molecule has 2 heteroatoms. The summed E-state index contributed by atoms with van der Waals surface area (Å²) in [7, 11) is 1.67. The van der Waals surface area contributed by atoms with Gasteiger partial charge in [0.15, 0.2) is 0 Å². The number of nitrogens with zero attached hydrogens (tertiary/aromatic N) is 1. The quantitative estimate of drug-likeness (QED) is 0.716. The van der Waals surface area contributed by atoms with E-state index in [1.54, 1.807) is 7.05 Å². The lowest BCUT2D eigenvalue weighted by atomic mass is 10.1. The highest BCUT2D eigenvalue weighted by Crippen LogP contribution is 2.40. The summed E-state index contributed by atoms with van der Waals surface area (Å²) in [6.45, 7) is 0.612. The van der Waals surface area contributed by atoms with Gasteiger partial charge >= 0.3 is 0 Å². The van der Waals surface area contributed by atoms with Crippen LogP contribution in [0.1, 0.15) is 29.9 Å². The van der Waals surface area contributed by atoms with Gasteiger partial charge in [-0.15, -0.1) is 0 Å². The van der Waals surface area contributed by atoms with Crippen LogP contribution in [0.5, 0.6) is 0 Å². The number of benzene rings is 1. The predicted octanol–water partition coefficient (Wildman–Crippen LogP) is 2.39. The van der Waals surface area contributed by atoms with Gasteiger partial charge < -0.3 is 5.21 Å². The Labute approximate surface area is 78.8 Å². The van der Waals surface area contributed by atoms with Gasteiger partial charge in [-0.3, -0.25) is 0 Å². The lowest BCUT2D eigenvalue weighted by Gasteiger charge is -2.08. The Kier molecular flexibility index (Phi) is 2.34. The third-order valence-electron chi connectivity index (χ3n) is 2.41. The first kappa shape index (κ1) is 8.73. The molecule has 1 aromatic rings. The maximum atomic E-state index is 9.08. The molecular weight excluding hydrogens is 162 g/mol. The lowest BCUT2D eigenvalue weighted by molar-refractivity contribution is -0.0731. The van der Waals surface area contributed by atoms with E-state index in [9.17, 15) is 0 Å². The van der Waals surface area contributed by atoms with Gasteiger partial charge in [0.1, 0.15) is 0 Å². The fourth-order valence-electron chi connectivity index (χ4n) is 1.63. The third kappa shape index (κ3) is 2.29. The summed E-state index contributed by atoms with van der Waals surface area (Å²) in [6, 6.07) is 8.51. The second kappa shape index (κ2) is 3.48. The number of hydrogen-bond acceptors (Lipinski definition) is 2. The molecule has 0 atom stereocenters. The van der Waals surface area contributed by atoms with Crippen molar-refractivity contribution < 1.29 is 5.21 Å². The van der Waals surface area contributed by atoms with Crippen LogP contribution in [0.4, 0.5) is 0 Å². The molecule has 0 aromatic heterocycles. The van der Waals surface area contributed by atoms with Crippen LogP contribution in [0, 0.1) is 0 Å². The van der Waals surface area contributed by atoms with Gasteiger partial charge in [0.2, 0.25) is 0 Å². The summed E-state index contributed by atoms with van der Waals surface area (Å²) in [4.78, 5) is 0. The van der Waals surface area contributed by atoms with Crippen LogP contribution in [-0.2, 0) is 6.54 Å². The number of hydrogen-bond donors (Lipinski definition) is 1. The van der Waals surface area contributed by atoms with Crippen LogP contribution in [0.3, 0.4) is 0 Å². The van der Waals surface area contributed by atoms with Gasteiger partial charge in [-0.1, -0.05) is 24.3 Å². The van der Waals surface area contributed by atoms with E-state index >= 15 is 0 Å². The Bertz CT molecular complexity index is 292. The van der Waals surface area contributed by atoms with Crippen molar-refractivity contribution in [1.29, 1.82) is 0 Å². The molecule has 0 aliphatic heterocycles. The van der Waals surface area contributed by atoms with Crippen molar-refractivity contribution in [3.63, 3.8) is 0 Å². The van der Waals surface area contributed by atoms with Crippen LogP contribution in [0.2, 0.25) is 0 Å². The normalized spacial score (nSPS) is 16.5. The van der Waals surface area contributed by atoms with Gasteiger partial charge in [-0.2, -0.15) is 5.06 Å². The molecule has 0 bridgehead atoms. The van der Waals surface area contributed by atoms with Gasteiger partial charge in [-0.25, -0.2) is 0 Å². The Morgan fingerprint density at radius 1 is 1.46 bits per heavy atom. The minimum absolute atomic E-state index is 0.612. The first-order chi connectivity index (χ1) is 6.25. The molecule has 1 aliphatic carbocycles. The molecule has 0 heterocycles. The molecule has 1 saturated carbocycles. The molecule has 0 amide bonds. The summed E-state index contributed by atoms with van der Waals surface area (Å²) in [5.41, 5.74) is 2.62. The van der Waals surface area contributed by atoms with E-state index < -0.39 is 0 Å². The summed E-state index contributed by atoms with van der Waals surface area (Å²) in [6.07, 6.45) is 2.66. The van der Waals surface area contributed by atoms with Crippen LogP contribution < -0.4 is 0 Å². The topological polar surface area (TPSA) is 23.5 Å². The van der Waals surface area contributed by atoms with Gasteiger partial charge in [0.25, 0.3) is 0 Å². The molecule has 70 valence electrons. The molecule has 0 saturated heterocycles. The number of hydroxylamine groups is 2. The minimum atomic E-state index is 0.612. The Hall–Kier alpha value is -0.860. The van der Waals surface area contributed by atoms with E-state index in [-0.39, 0.29) is 0 Å². The average Bonchev–Trinajstić information content (AvgIpc) is 2.85. The molecule has 1 aromatic carbocycles. The minimum Gasteiger partial charge on any atom is -0.314 e. The van der Waals surface area contributed by atoms with E-state index in [1.165, 1.54) is 29.0 Å². The summed E-state index contributed by atoms with van der Waals surface area (Å²) in [5.74, 6) is 0.795. The standard InChI is InChI=1S/C11H15NO/c1-12(13)8-9-3-2-4-11(7-9)10-5-6-10/h2-4,7,10,13H,5-6,8H2,1H3. The molecule has 0 radical (unpaired) electrons. The Morgan fingerprint density at radius 3 is 2.85 bits per heavy atom. The Balaban J connectivity index is 2.12. The molecule has 2 nitrogen and oxygen atoms in total. The van der Waals surface area contributed by atoms with E-state index in [1.807, 2.05) is 0 Å². The fraction of sp³-hybridized carbons (Fsp3) is 0.455. The van der Waals surface area contributed by atoms with E-state index in [0.717, 1.165) is 5.92 Å². The van der Waals surface area contributed by atoms with Crippen molar-refractivity contribution >= 4 is 0 Å². The highest BCUT2D eigenvalue weighted by atomic mass is 16.5. The molecule has 1 N–H and O–H groups in total. The maximum absolute atomic E-state index is 9.08. The zero-order valence-corrected chi connectivity index (χ0v) is 7.90. The monoisotopic (exact) mass is 177 g/mol. The highest BCUT2D eigenvalue weighted by Gasteiger charge is 2.23. The molecule has 0 spiro atoms. The van der Waals surface area contributed by atoms with Crippen molar-refractivity contribution in [2.45, 2.75) is 25.3 Å². The van der Waals surface area contributed by atoms with Crippen molar-refractivity contribution in [3.8, 4) is 0 Å². The first-order valence-corrected chi connectivity index (χ1v) is 4.74. The van der Waals surface area contributed by atoms with E-state index in [4.69, 9.17) is 5.21 Å². The molecule has 1 fully saturated rings. The van der Waals surface area contributed by atoms with E-state index in [2.05, 4.69) is 24.3 Å². The highest BCUT2D eigenvalue weighted by molar-refractivity contribution is 5.28. The molecule has 0 unspecified atom stereocenters. The van der Waals surface area contributed by atoms with Crippen molar-refractivity contribution in [2.75, 3.05) is 7.05 Å². The second-order valence-corrected chi connectivity index (χ2v) is 3.84. The molecule has 13 heavy (non-hydrogen) atoms. The third-order valence-corrected chi connectivity index (χ3v) is 2.41.